The Morgan fingerprint density at radius 2 is 1.07 bits per heavy atom. The lowest BCUT2D eigenvalue weighted by Crippen LogP contribution is -1.87. The molecule has 3 rings (SSSR count). The standard InChI is InChI=1S/C14H16/c1-2-4-6-8-14-11-9-13(10-12-14)7-5-3-1/h1-4,9-12H,5-8H2/b3-1+,4-2?. The monoisotopic (exact) mass is 184 g/mol. The van der Waals surface area contributed by atoms with Gasteiger partial charge in [-0.1, -0.05) is 48.6 Å². The maximum Gasteiger partial charge on any atom is -0.0244 e. The summed E-state index contributed by atoms with van der Waals surface area (Å²) in [5, 5.41) is 0. The lowest BCUT2D eigenvalue weighted by molar-refractivity contribution is 0.971. The molecule has 0 nitrogen and oxygen atoms in total. The van der Waals surface area contributed by atoms with Gasteiger partial charge in [-0.05, 0) is 36.8 Å². The first-order valence-corrected chi connectivity index (χ1v) is 5.34. The molecule has 0 unspecified atom stereocenters. The van der Waals surface area contributed by atoms with Gasteiger partial charge in [-0.15, -0.1) is 0 Å². The highest BCUT2D eigenvalue weighted by atomic mass is 14.0. The van der Waals surface area contributed by atoms with Gasteiger partial charge in [-0.3, -0.25) is 0 Å². The molecule has 72 valence electrons. The van der Waals surface area contributed by atoms with Gasteiger partial charge in [0.15, 0.2) is 0 Å². The Bertz CT molecular complexity index is 293. The molecule has 0 spiro atoms. The molecule has 2 aliphatic rings. The molecular formula is C14H16. The van der Waals surface area contributed by atoms with E-state index in [0.717, 1.165) is 25.7 Å². The fraction of sp³-hybridized carbons (Fsp3) is 0.286. The molecule has 0 aromatic heterocycles. The molecular weight excluding hydrogens is 168 g/mol. The Labute approximate surface area is 86.0 Å². The number of fused-ring (bicyclic) bond motifs is 7. The molecule has 0 amide bonds. The van der Waals surface area contributed by atoms with Crippen molar-refractivity contribution in [1.82, 2.24) is 0 Å². The Morgan fingerprint density at radius 1 is 0.643 bits per heavy atom. The van der Waals surface area contributed by atoms with Crippen LogP contribution in [-0.2, 0) is 12.8 Å². The first-order valence-electron chi connectivity index (χ1n) is 5.34. The molecule has 0 aliphatic heterocycles. The molecule has 0 heteroatoms. The van der Waals surface area contributed by atoms with E-state index < -0.39 is 0 Å². The van der Waals surface area contributed by atoms with Gasteiger partial charge in [-0.2, -0.15) is 0 Å². The summed E-state index contributed by atoms with van der Waals surface area (Å²) in [6, 6.07) is 9.03. The van der Waals surface area contributed by atoms with Crippen molar-refractivity contribution in [3.8, 4) is 0 Å². The highest BCUT2D eigenvalue weighted by Crippen LogP contribution is 2.10. The SMILES string of the molecule is C1=CCCc2ccc(cc2)CC/C=C/1. The van der Waals surface area contributed by atoms with Crippen LogP contribution in [0.3, 0.4) is 0 Å². The summed E-state index contributed by atoms with van der Waals surface area (Å²) in [6.07, 6.45) is 13.4. The van der Waals surface area contributed by atoms with Gasteiger partial charge in [0.05, 0.1) is 0 Å². The molecule has 1 aromatic carbocycles. The summed E-state index contributed by atoms with van der Waals surface area (Å²) in [5.41, 5.74) is 2.89. The number of rotatable bonds is 0. The van der Waals surface area contributed by atoms with Gasteiger partial charge in [0.1, 0.15) is 0 Å². The Balaban J connectivity index is 2.17. The van der Waals surface area contributed by atoms with Crippen LogP contribution in [0.2, 0.25) is 0 Å². The molecule has 0 heterocycles. The molecule has 0 radical (unpaired) electrons. The third kappa shape index (κ3) is 2.59. The largest absolute Gasteiger partial charge is 0.0842 e. The van der Waals surface area contributed by atoms with E-state index >= 15 is 0 Å². The van der Waals surface area contributed by atoms with Crippen LogP contribution in [0.4, 0.5) is 0 Å². The van der Waals surface area contributed by atoms with Gasteiger partial charge in [0.25, 0.3) is 0 Å². The number of allylic oxidation sites excluding steroid dienone is 4. The molecule has 0 saturated heterocycles. The summed E-state index contributed by atoms with van der Waals surface area (Å²) in [4.78, 5) is 0. The van der Waals surface area contributed by atoms with E-state index in [2.05, 4.69) is 48.6 Å². The topological polar surface area (TPSA) is 0 Å². The van der Waals surface area contributed by atoms with E-state index in [0.29, 0.717) is 0 Å². The van der Waals surface area contributed by atoms with E-state index in [1.165, 1.54) is 11.1 Å². The zero-order valence-corrected chi connectivity index (χ0v) is 8.45. The smallest absolute Gasteiger partial charge is 0.0244 e. The molecule has 2 aliphatic carbocycles. The van der Waals surface area contributed by atoms with Crippen molar-refractivity contribution in [2.75, 3.05) is 0 Å². The predicted octanol–water partition coefficient (Wildman–Crippen LogP) is 3.68. The third-order valence-electron chi connectivity index (χ3n) is 2.61. The van der Waals surface area contributed by atoms with Gasteiger partial charge in [0.2, 0.25) is 0 Å². The second-order valence-electron chi connectivity index (χ2n) is 3.75. The van der Waals surface area contributed by atoms with Crippen molar-refractivity contribution in [1.29, 1.82) is 0 Å². The lowest BCUT2D eigenvalue weighted by atomic mass is 10.0. The van der Waals surface area contributed by atoms with Gasteiger partial charge in [0, 0.05) is 0 Å². The van der Waals surface area contributed by atoms with E-state index in [1.54, 1.807) is 0 Å². The number of hydrogen-bond acceptors (Lipinski definition) is 0. The molecule has 0 saturated carbocycles. The zero-order valence-electron chi connectivity index (χ0n) is 8.45. The minimum Gasteiger partial charge on any atom is -0.0842 e. The van der Waals surface area contributed by atoms with Crippen LogP contribution in [0.15, 0.2) is 48.6 Å². The average molecular weight is 184 g/mol. The lowest BCUT2D eigenvalue weighted by Gasteiger charge is -2.02. The minimum absolute atomic E-state index is 1.14. The molecule has 1 aromatic rings. The average Bonchev–Trinajstić information content (AvgIpc) is 2.20. The zero-order chi connectivity index (χ0) is 9.64. The van der Waals surface area contributed by atoms with Crippen LogP contribution in [0.1, 0.15) is 24.0 Å². The van der Waals surface area contributed by atoms with Crippen LogP contribution < -0.4 is 0 Å². The predicted molar refractivity (Wildman–Crippen MR) is 61.4 cm³/mol. The first kappa shape index (κ1) is 9.26. The summed E-state index contributed by atoms with van der Waals surface area (Å²) in [6.45, 7) is 0. The number of aryl methyl sites for hydroxylation is 2. The van der Waals surface area contributed by atoms with Crippen molar-refractivity contribution in [3.63, 3.8) is 0 Å². The Kier molecular flexibility index (Phi) is 3.18. The Morgan fingerprint density at radius 3 is 1.50 bits per heavy atom. The van der Waals surface area contributed by atoms with Crippen LogP contribution in [-0.4, -0.2) is 0 Å². The van der Waals surface area contributed by atoms with Gasteiger partial charge in [-0.25, -0.2) is 0 Å². The minimum atomic E-state index is 1.14. The van der Waals surface area contributed by atoms with Gasteiger partial charge < -0.3 is 0 Å². The van der Waals surface area contributed by atoms with Crippen LogP contribution in [0.5, 0.6) is 0 Å². The fourth-order valence-electron chi connectivity index (χ4n) is 1.72. The van der Waals surface area contributed by atoms with Crippen molar-refractivity contribution in [2.45, 2.75) is 25.7 Å². The molecule has 0 N–H and O–H groups in total. The summed E-state index contributed by atoms with van der Waals surface area (Å²) >= 11 is 0. The second kappa shape index (κ2) is 4.80. The van der Waals surface area contributed by atoms with Crippen LogP contribution in [0, 0.1) is 0 Å². The highest BCUT2D eigenvalue weighted by molar-refractivity contribution is 5.24. The molecule has 0 atom stereocenters. The summed E-state index contributed by atoms with van der Waals surface area (Å²) in [5.74, 6) is 0. The number of benzene rings is 1. The number of hydrogen-bond donors (Lipinski definition) is 0. The molecule has 2 bridgehead atoms. The molecule has 0 fully saturated rings. The van der Waals surface area contributed by atoms with Crippen molar-refractivity contribution < 1.29 is 0 Å². The van der Waals surface area contributed by atoms with Gasteiger partial charge >= 0.3 is 0 Å². The Hall–Kier alpha value is -1.30. The quantitative estimate of drug-likeness (QED) is 0.577. The second-order valence-corrected chi connectivity index (χ2v) is 3.75. The van der Waals surface area contributed by atoms with E-state index in [9.17, 15) is 0 Å². The fourth-order valence-corrected chi connectivity index (χ4v) is 1.72. The van der Waals surface area contributed by atoms with E-state index in [1.807, 2.05) is 0 Å². The molecule has 14 heavy (non-hydrogen) atoms. The van der Waals surface area contributed by atoms with Crippen molar-refractivity contribution in [3.05, 3.63) is 59.7 Å². The highest BCUT2D eigenvalue weighted by Gasteiger charge is 1.94. The summed E-state index contributed by atoms with van der Waals surface area (Å²) < 4.78 is 0. The van der Waals surface area contributed by atoms with E-state index in [-0.39, 0.29) is 0 Å². The van der Waals surface area contributed by atoms with Crippen molar-refractivity contribution in [2.24, 2.45) is 0 Å². The van der Waals surface area contributed by atoms with Crippen LogP contribution in [0.25, 0.3) is 0 Å². The summed E-state index contributed by atoms with van der Waals surface area (Å²) in [7, 11) is 0. The maximum absolute atomic E-state index is 2.26. The normalized spacial score (nSPS) is 18.6. The maximum atomic E-state index is 2.26. The third-order valence-corrected chi connectivity index (χ3v) is 2.61. The van der Waals surface area contributed by atoms with Crippen molar-refractivity contribution >= 4 is 0 Å². The first-order chi connectivity index (χ1) is 6.95. The van der Waals surface area contributed by atoms with Crippen LogP contribution >= 0.6 is 0 Å². The van der Waals surface area contributed by atoms with E-state index in [4.69, 9.17) is 0 Å².